The highest BCUT2D eigenvalue weighted by molar-refractivity contribution is 5.98. The van der Waals surface area contributed by atoms with Crippen LogP contribution in [0.15, 0.2) is 48.5 Å². The molecule has 4 rings (SSSR count). The molecule has 248 valence electrons. The molecular weight excluding hydrogens is 590 g/mol. The first-order chi connectivity index (χ1) is 22.1. The van der Waals surface area contributed by atoms with Gasteiger partial charge >= 0.3 is 0 Å². The van der Waals surface area contributed by atoms with Crippen LogP contribution in [0.4, 0.5) is 0 Å². The molecule has 0 spiro atoms. The average Bonchev–Trinajstić information content (AvgIpc) is 3.05. The number of carbonyl (C=O) groups excluding carboxylic acids is 5. The fourth-order valence-electron chi connectivity index (χ4n) is 6.04. The second-order valence-electron chi connectivity index (χ2n) is 12.5. The summed E-state index contributed by atoms with van der Waals surface area (Å²) in [6.45, 7) is 4.13. The minimum atomic E-state index is -1.02. The summed E-state index contributed by atoms with van der Waals surface area (Å²) in [6.07, 6.45) is 2.72. The first-order valence-corrected chi connectivity index (χ1v) is 15.9. The largest absolute Gasteiger partial charge is 0.497 e. The smallest absolute Gasteiger partial charge is 0.246 e. The minimum Gasteiger partial charge on any atom is -0.497 e. The van der Waals surface area contributed by atoms with Crippen molar-refractivity contribution in [1.29, 1.82) is 0 Å². The summed E-state index contributed by atoms with van der Waals surface area (Å²) in [5.74, 6) is -1.56. The summed E-state index contributed by atoms with van der Waals surface area (Å²) >= 11 is 0. The van der Waals surface area contributed by atoms with Crippen molar-refractivity contribution in [2.45, 2.75) is 95.9 Å². The van der Waals surface area contributed by atoms with E-state index in [1.54, 1.807) is 24.7 Å². The molecule has 2 aliphatic rings. The molecule has 2 aliphatic heterocycles. The molecule has 2 aromatic carbocycles. The molecule has 5 N–H and O–H groups in total. The number of nitrogens with zero attached hydrogens (tertiary/aromatic N) is 1. The topological polar surface area (TPSA) is 166 Å². The number of nitrogens with one attached hydrogen (secondary N) is 4. The van der Waals surface area contributed by atoms with Gasteiger partial charge in [-0.05, 0) is 54.0 Å². The van der Waals surface area contributed by atoms with Gasteiger partial charge in [0.15, 0.2) is 0 Å². The van der Waals surface area contributed by atoms with Crippen LogP contribution in [-0.2, 0) is 43.4 Å². The predicted molar refractivity (Wildman–Crippen MR) is 169 cm³/mol. The number of ether oxygens (including phenoxy) is 1. The molecule has 1 fully saturated rings. The van der Waals surface area contributed by atoms with Crippen molar-refractivity contribution in [2.24, 2.45) is 5.92 Å². The van der Waals surface area contributed by atoms with Crippen LogP contribution < -0.4 is 26.2 Å². The lowest BCUT2D eigenvalue weighted by Crippen LogP contribution is -2.63. The first-order valence-electron chi connectivity index (χ1n) is 15.9. The lowest BCUT2D eigenvalue weighted by atomic mass is 9.91. The normalized spacial score (nSPS) is 22.0. The van der Waals surface area contributed by atoms with Crippen molar-refractivity contribution in [3.63, 3.8) is 0 Å². The Morgan fingerprint density at radius 3 is 2.22 bits per heavy atom. The van der Waals surface area contributed by atoms with Crippen LogP contribution in [0, 0.1) is 5.92 Å². The van der Waals surface area contributed by atoms with Crippen molar-refractivity contribution >= 4 is 29.5 Å². The van der Waals surface area contributed by atoms with E-state index < -0.39 is 47.8 Å². The van der Waals surface area contributed by atoms with Crippen LogP contribution in [-0.4, -0.2) is 70.9 Å². The summed E-state index contributed by atoms with van der Waals surface area (Å²) in [4.78, 5) is 68.8. The predicted octanol–water partition coefficient (Wildman–Crippen LogP) is 2.16. The number of benzene rings is 2. The van der Waals surface area contributed by atoms with Gasteiger partial charge in [0.2, 0.25) is 29.5 Å². The minimum absolute atomic E-state index is 0.0639. The average molecular weight is 636 g/mol. The van der Waals surface area contributed by atoms with Gasteiger partial charge in [-0.1, -0.05) is 63.1 Å². The summed E-state index contributed by atoms with van der Waals surface area (Å²) in [5.41, 5.74) is 4.26. The number of carbonyl (C=O) groups is 5. The Balaban J connectivity index is 1.66. The highest BCUT2D eigenvalue weighted by Gasteiger charge is 2.41. The standard InChI is InChI=1S/C34H45N5O7/c1-21(2)17-28-34(44)39-20-24-10-8-7-9-23(24)19-29(39)33(43)35-26(11-5-4-6-12-30(40)38-45)31(41)36-27(32(42)37-28)18-22-13-15-25(46-3)16-14-22/h7-10,13-16,21,26-29,45H,4-6,11-12,17-20H2,1-3H3,(H,35,43)(H,36,41)(H,37,42)(H,38,40)/t26-,27+,28-,29+/m0/s1. The van der Waals surface area contributed by atoms with E-state index in [0.29, 0.717) is 31.4 Å². The third kappa shape index (κ3) is 9.06. The molecule has 2 heterocycles. The van der Waals surface area contributed by atoms with Gasteiger partial charge in [-0.25, -0.2) is 5.48 Å². The lowest BCUT2D eigenvalue weighted by molar-refractivity contribution is -0.146. The molecule has 0 aromatic heterocycles. The van der Waals surface area contributed by atoms with Crippen LogP contribution in [0.5, 0.6) is 5.75 Å². The van der Waals surface area contributed by atoms with Crippen LogP contribution in [0.3, 0.4) is 0 Å². The molecule has 12 nitrogen and oxygen atoms in total. The third-order valence-corrected chi connectivity index (χ3v) is 8.54. The molecule has 12 heteroatoms. The van der Waals surface area contributed by atoms with E-state index >= 15 is 0 Å². The summed E-state index contributed by atoms with van der Waals surface area (Å²) in [5, 5.41) is 17.4. The maximum Gasteiger partial charge on any atom is 0.246 e. The SMILES string of the molecule is COc1ccc(C[C@H]2NC(=O)[C@H](CCCCCC(=O)NO)NC(=O)[C@H]3Cc4ccccc4CN3C(=O)[C@H](CC(C)C)NC2=O)cc1. The van der Waals surface area contributed by atoms with Gasteiger partial charge in [-0.2, -0.15) is 0 Å². The van der Waals surface area contributed by atoms with Crippen molar-refractivity contribution < 1.29 is 33.9 Å². The fourth-order valence-corrected chi connectivity index (χ4v) is 6.04. The van der Waals surface area contributed by atoms with Crippen molar-refractivity contribution in [1.82, 2.24) is 26.3 Å². The molecule has 0 bridgehead atoms. The molecule has 2 aromatic rings. The van der Waals surface area contributed by atoms with Crippen molar-refractivity contribution in [3.05, 3.63) is 65.2 Å². The molecular formula is C34H45N5O7. The summed E-state index contributed by atoms with van der Waals surface area (Å²) in [6, 6.07) is 11.0. The number of methoxy groups -OCH3 is 1. The van der Waals surface area contributed by atoms with Crippen LogP contribution in [0.25, 0.3) is 0 Å². The molecule has 0 aliphatic carbocycles. The van der Waals surface area contributed by atoms with E-state index in [4.69, 9.17) is 9.94 Å². The van der Waals surface area contributed by atoms with Crippen molar-refractivity contribution in [2.75, 3.05) is 7.11 Å². The van der Waals surface area contributed by atoms with Crippen molar-refractivity contribution in [3.8, 4) is 5.75 Å². The number of amides is 5. The Hall–Kier alpha value is -4.45. The number of rotatable bonds is 11. The molecule has 0 unspecified atom stereocenters. The maximum atomic E-state index is 14.2. The zero-order chi connectivity index (χ0) is 33.2. The Kier molecular flexibility index (Phi) is 12.1. The fraction of sp³-hybridized carbons (Fsp3) is 0.500. The molecule has 0 saturated carbocycles. The quantitative estimate of drug-likeness (QED) is 0.143. The molecule has 46 heavy (non-hydrogen) atoms. The van der Waals surface area contributed by atoms with Gasteiger partial charge in [-0.3, -0.25) is 29.2 Å². The molecule has 4 atom stereocenters. The first kappa shape index (κ1) is 34.4. The Morgan fingerprint density at radius 1 is 0.891 bits per heavy atom. The number of fused-ring (bicyclic) bond motifs is 2. The highest BCUT2D eigenvalue weighted by Crippen LogP contribution is 2.26. The Morgan fingerprint density at radius 2 is 1.54 bits per heavy atom. The number of hydroxylamine groups is 1. The van der Waals surface area contributed by atoms with E-state index in [2.05, 4.69) is 16.0 Å². The lowest BCUT2D eigenvalue weighted by Gasteiger charge is -2.39. The molecule has 1 saturated heterocycles. The summed E-state index contributed by atoms with van der Waals surface area (Å²) < 4.78 is 5.25. The Bertz CT molecular complexity index is 1400. The van der Waals surface area contributed by atoms with E-state index in [-0.39, 0.29) is 44.1 Å². The number of hydrogen-bond acceptors (Lipinski definition) is 7. The van der Waals surface area contributed by atoms with Crippen LogP contribution >= 0.6 is 0 Å². The van der Waals surface area contributed by atoms with Gasteiger partial charge in [0, 0.05) is 25.8 Å². The maximum absolute atomic E-state index is 14.2. The van der Waals surface area contributed by atoms with Crippen LogP contribution in [0.2, 0.25) is 0 Å². The van der Waals surface area contributed by atoms with E-state index in [0.717, 1.165) is 16.7 Å². The number of hydrogen-bond donors (Lipinski definition) is 5. The van der Waals surface area contributed by atoms with Crippen LogP contribution in [0.1, 0.15) is 69.1 Å². The number of unbranched alkanes of at least 4 members (excludes halogenated alkanes) is 2. The Labute approximate surface area is 269 Å². The van der Waals surface area contributed by atoms with Gasteiger partial charge in [0.25, 0.3) is 0 Å². The second kappa shape index (κ2) is 16.2. The second-order valence-corrected chi connectivity index (χ2v) is 12.5. The van der Waals surface area contributed by atoms with Gasteiger partial charge in [0.05, 0.1) is 7.11 Å². The van der Waals surface area contributed by atoms with Gasteiger partial charge < -0.3 is 25.6 Å². The zero-order valence-corrected chi connectivity index (χ0v) is 26.7. The highest BCUT2D eigenvalue weighted by atomic mass is 16.5. The van der Waals surface area contributed by atoms with E-state index in [9.17, 15) is 24.0 Å². The summed E-state index contributed by atoms with van der Waals surface area (Å²) in [7, 11) is 1.56. The van der Waals surface area contributed by atoms with E-state index in [1.807, 2.05) is 50.2 Å². The van der Waals surface area contributed by atoms with Gasteiger partial charge in [0.1, 0.15) is 29.9 Å². The van der Waals surface area contributed by atoms with Gasteiger partial charge in [-0.15, -0.1) is 0 Å². The third-order valence-electron chi connectivity index (χ3n) is 8.54. The molecule has 0 radical (unpaired) electrons. The zero-order valence-electron chi connectivity index (χ0n) is 26.7. The monoisotopic (exact) mass is 635 g/mol. The van der Waals surface area contributed by atoms with E-state index in [1.165, 1.54) is 4.90 Å². The molecule has 5 amide bonds.